The Morgan fingerprint density at radius 1 is 1.10 bits per heavy atom. The average molecular weight is 298 g/mol. The molecule has 0 saturated heterocycles. The van der Waals surface area contributed by atoms with Crippen molar-refractivity contribution in [2.75, 3.05) is 13.7 Å². The second kappa shape index (κ2) is 8.41. The van der Waals surface area contributed by atoms with E-state index in [0.29, 0.717) is 0 Å². The fourth-order valence-corrected chi connectivity index (χ4v) is 2.92. The van der Waals surface area contributed by atoms with Crippen molar-refractivity contribution in [1.82, 2.24) is 0 Å². The minimum absolute atomic E-state index is 0.122. The van der Waals surface area contributed by atoms with Crippen molar-refractivity contribution in [3.63, 3.8) is 0 Å². The number of aliphatic hydroxyl groups excluding tert-OH is 1. The minimum atomic E-state index is -0.122. The molecule has 0 heterocycles. The van der Waals surface area contributed by atoms with Crippen molar-refractivity contribution < 1.29 is 9.84 Å². The second-order valence-electron chi connectivity index (χ2n) is 4.46. The normalized spacial score (nSPS) is 9.81. The van der Waals surface area contributed by atoms with E-state index in [1.807, 2.05) is 36.0 Å². The van der Waals surface area contributed by atoms with Gasteiger partial charge in [0.25, 0.3) is 0 Å². The van der Waals surface area contributed by atoms with Crippen molar-refractivity contribution in [2.24, 2.45) is 0 Å². The van der Waals surface area contributed by atoms with Crippen molar-refractivity contribution >= 4 is 11.8 Å². The largest absolute Gasteiger partial charge is 0.497 e. The molecule has 1 N–H and O–H groups in total. The Morgan fingerprint density at radius 3 is 2.62 bits per heavy atom. The monoisotopic (exact) mass is 298 g/mol. The molecule has 2 aromatic rings. The number of methoxy groups -OCH3 is 1. The first-order valence-corrected chi connectivity index (χ1v) is 7.87. The first kappa shape index (κ1) is 15.5. The molecule has 0 atom stereocenters. The van der Waals surface area contributed by atoms with E-state index in [4.69, 9.17) is 9.84 Å². The van der Waals surface area contributed by atoms with Gasteiger partial charge >= 0.3 is 0 Å². The molecule has 2 aromatic carbocycles. The highest BCUT2D eigenvalue weighted by Crippen LogP contribution is 2.23. The molecule has 3 heteroatoms. The van der Waals surface area contributed by atoms with Crippen LogP contribution in [0.4, 0.5) is 0 Å². The van der Waals surface area contributed by atoms with Crippen LogP contribution < -0.4 is 4.74 Å². The highest BCUT2D eigenvalue weighted by Gasteiger charge is 2.03. The molecule has 0 unspecified atom stereocenters. The number of rotatable bonds is 5. The number of thioether (sulfide) groups is 1. The average Bonchev–Trinajstić information content (AvgIpc) is 2.54. The summed E-state index contributed by atoms with van der Waals surface area (Å²) >= 11 is 1.84. The standard InChI is InChI=1S/C18H18O2S/c1-20-18-10-9-16(8-5-11-19)17(12-18)14-21-13-15-6-3-2-4-7-15/h2-4,6-7,9-10,12,19H,11,13-14H2,1H3. The fourth-order valence-electron chi connectivity index (χ4n) is 1.93. The summed E-state index contributed by atoms with van der Waals surface area (Å²) in [6, 6.07) is 16.3. The van der Waals surface area contributed by atoms with Gasteiger partial charge in [0.15, 0.2) is 0 Å². The molecule has 0 fully saturated rings. The molecule has 21 heavy (non-hydrogen) atoms. The van der Waals surface area contributed by atoms with Crippen LogP contribution in [0.2, 0.25) is 0 Å². The van der Waals surface area contributed by atoms with Crippen molar-refractivity contribution in [3.05, 3.63) is 65.2 Å². The van der Waals surface area contributed by atoms with Crippen LogP contribution in [0.25, 0.3) is 0 Å². The van der Waals surface area contributed by atoms with Gasteiger partial charge in [-0.05, 0) is 29.3 Å². The summed E-state index contributed by atoms with van der Waals surface area (Å²) in [6.45, 7) is -0.122. The van der Waals surface area contributed by atoms with Crippen molar-refractivity contribution in [1.29, 1.82) is 0 Å². The molecule has 0 aliphatic heterocycles. The third-order valence-electron chi connectivity index (χ3n) is 2.98. The quantitative estimate of drug-likeness (QED) is 0.857. The van der Waals surface area contributed by atoms with Crippen LogP contribution >= 0.6 is 11.8 Å². The van der Waals surface area contributed by atoms with E-state index in [2.05, 4.69) is 36.1 Å². The van der Waals surface area contributed by atoms with Crippen LogP contribution in [0.15, 0.2) is 48.5 Å². The molecule has 0 spiro atoms. The first-order chi connectivity index (χ1) is 10.3. The van der Waals surface area contributed by atoms with Crippen LogP contribution in [-0.4, -0.2) is 18.8 Å². The van der Waals surface area contributed by atoms with E-state index in [0.717, 1.165) is 28.4 Å². The van der Waals surface area contributed by atoms with Gasteiger partial charge in [0.05, 0.1) is 7.11 Å². The zero-order chi connectivity index (χ0) is 14.9. The van der Waals surface area contributed by atoms with E-state index < -0.39 is 0 Å². The van der Waals surface area contributed by atoms with Crippen LogP contribution in [-0.2, 0) is 11.5 Å². The van der Waals surface area contributed by atoms with Crippen LogP contribution in [0.3, 0.4) is 0 Å². The van der Waals surface area contributed by atoms with E-state index in [-0.39, 0.29) is 6.61 Å². The smallest absolute Gasteiger partial charge is 0.119 e. The summed E-state index contributed by atoms with van der Waals surface area (Å²) in [5.74, 6) is 8.36. The number of aliphatic hydroxyl groups is 1. The number of hydrogen-bond donors (Lipinski definition) is 1. The molecular formula is C18H18O2S. The molecular weight excluding hydrogens is 280 g/mol. The maximum atomic E-state index is 8.84. The number of hydrogen-bond acceptors (Lipinski definition) is 3. The van der Waals surface area contributed by atoms with E-state index in [9.17, 15) is 0 Å². The lowest BCUT2D eigenvalue weighted by atomic mass is 10.1. The summed E-state index contributed by atoms with van der Waals surface area (Å²) in [7, 11) is 1.66. The van der Waals surface area contributed by atoms with Gasteiger partial charge in [0.2, 0.25) is 0 Å². The Kier molecular flexibility index (Phi) is 6.21. The molecule has 0 aromatic heterocycles. The van der Waals surface area contributed by atoms with Gasteiger partial charge in [-0.3, -0.25) is 0 Å². The SMILES string of the molecule is COc1ccc(C#CCO)c(CSCc2ccccc2)c1. The summed E-state index contributed by atoms with van der Waals surface area (Å²) in [5.41, 5.74) is 3.40. The predicted molar refractivity (Wildman–Crippen MR) is 88.4 cm³/mol. The molecule has 0 aliphatic carbocycles. The number of ether oxygens (including phenoxy) is 1. The Hall–Kier alpha value is -1.89. The van der Waals surface area contributed by atoms with Crippen molar-refractivity contribution in [3.8, 4) is 17.6 Å². The summed E-state index contributed by atoms with van der Waals surface area (Å²) in [6.07, 6.45) is 0. The molecule has 0 radical (unpaired) electrons. The molecule has 2 rings (SSSR count). The third kappa shape index (κ3) is 4.86. The van der Waals surface area contributed by atoms with Crippen LogP contribution in [0.5, 0.6) is 5.75 Å². The number of benzene rings is 2. The molecule has 0 saturated carbocycles. The van der Waals surface area contributed by atoms with Gasteiger partial charge in [0, 0.05) is 17.1 Å². The summed E-state index contributed by atoms with van der Waals surface area (Å²) in [5, 5.41) is 8.84. The minimum Gasteiger partial charge on any atom is -0.497 e. The second-order valence-corrected chi connectivity index (χ2v) is 5.45. The van der Waals surface area contributed by atoms with E-state index in [1.165, 1.54) is 5.56 Å². The van der Waals surface area contributed by atoms with Gasteiger partial charge in [-0.25, -0.2) is 0 Å². The molecule has 2 nitrogen and oxygen atoms in total. The molecule has 108 valence electrons. The molecule has 0 bridgehead atoms. The highest BCUT2D eigenvalue weighted by molar-refractivity contribution is 7.97. The lowest BCUT2D eigenvalue weighted by Gasteiger charge is -2.08. The lowest BCUT2D eigenvalue weighted by Crippen LogP contribution is -1.92. The van der Waals surface area contributed by atoms with E-state index >= 15 is 0 Å². The molecule has 0 aliphatic rings. The van der Waals surface area contributed by atoms with Gasteiger partial charge in [0.1, 0.15) is 12.4 Å². The molecule has 0 amide bonds. The topological polar surface area (TPSA) is 29.5 Å². The third-order valence-corrected chi connectivity index (χ3v) is 4.04. The van der Waals surface area contributed by atoms with Gasteiger partial charge < -0.3 is 9.84 Å². The van der Waals surface area contributed by atoms with Gasteiger partial charge in [-0.15, -0.1) is 0 Å². The Bertz CT molecular complexity index is 627. The van der Waals surface area contributed by atoms with E-state index in [1.54, 1.807) is 7.11 Å². The van der Waals surface area contributed by atoms with Crippen LogP contribution in [0.1, 0.15) is 16.7 Å². The van der Waals surface area contributed by atoms with Crippen molar-refractivity contribution in [2.45, 2.75) is 11.5 Å². The lowest BCUT2D eigenvalue weighted by molar-refractivity contribution is 0.350. The fraction of sp³-hybridized carbons (Fsp3) is 0.222. The van der Waals surface area contributed by atoms with Gasteiger partial charge in [-0.1, -0.05) is 42.2 Å². The zero-order valence-electron chi connectivity index (χ0n) is 12.0. The van der Waals surface area contributed by atoms with Gasteiger partial charge in [-0.2, -0.15) is 11.8 Å². The highest BCUT2D eigenvalue weighted by atomic mass is 32.2. The maximum absolute atomic E-state index is 8.84. The summed E-state index contributed by atoms with van der Waals surface area (Å²) in [4.78, 5) is 0. The maximum Gasteiger partial charge on any atom is 0.119 e. The Labute approximate surface area is 130 Å². The summed E-state index contributed by atoms with van der Waals surface area (Å²) < 4.78 is 5.27. The zero-order valence-corrected chi connectivity index (χ0v) is 12.8. The predicted octanol–water partition coefficient (Wildman–Crippen LogP) is 3.47. The first-order valence-electron chi connectivity index (χ1n) is 6.72. The Balaban J connectivity index is 2.06. The Morgan fingerprint density at radius 2 is 1.90 bits per heavy atom. The van der Waals surface area contributed by atoms with Crippen LogP contribution in [0, 0.1) is 11.8 Å².